The zero-order valence-corrected chi connectivity index (χ0v) is 15.3. The van der Waals surface area contributed by atoms with E-state index in [1.807, 2.05) is 18.2 Å². The predicted molar refractivity (Wildman–Crippen MR) is 104 cm³/mol. The van der Waals surface area contributed by atoms with Gasteiger partial charge >= 0.3 is 6.18 Å². The molecular weight excluding hydrogens is 381 g/mol. The predicted octanol–water partition coefficient (Wildman–Crippen LogP) is 3.91. The van der Waals surface area contributed by atoms with Gasteiger partial charge < -0.3 is 9.88 Å². The molecule has 2 heterocycles. The Kier molecular flexibility index (Phi) is 4.74. The molecule has 1 aliphatic rings. The van der Waals surface area contributed by atoms with Crippen LogP contribution in [0.5, 0.6) is 0 Å². The summed E-state index contributed by atoms with van der Waals surface area (Å²) in [5.74, 6) is -0.489. The summed E-state index contributed by atoms with van der Waals surface area (Å²) in [5, 5.41) is 3.48. The minimum Gasteiger partial charge on any atom is -0.348 e. The molecule has 1 N–H and O–H groups in total. The number of carbonyl (C=O) groups excluding carboxylic acids is 1. The molecule has 0 atom stereocenters. The Balaban J connectivity index is 1.49. The lowest BCUT2D eigenvalue weighted by Gasteiger charge is -2.09. The number of para-hydroxylation sites is 1. The highest BCUT2D eigenvalue weighted by molar-refractivity contribution is 5.92. The van der Waals surface area contributed by atoms with Gasteiger partial charge in [0.05, 0.1) is 11.1 Å². The third-order valence-electron chi connectivity index (χ3n) is 4.96. The Morgan fingerprint density at radius 1 is 1.14 bits per heavy atom. The van der Waals surface area contributed by atoms with Gasteiger partial charge in [-0.3, -0.25) is 9.59 Å². The molecule has 0 aliphatic carbocycles. The number of halogens is 3. The van der Waals surface area contributed by atoms with E-state index in [9.17, 15) is 22.8 Å². The van der Waals surface area contributed by atoms with Gasteiger partial charge in [-0.15, -0.1) is 0 Å². The van der Waals surface area contributed by atoms with Crippen LogP contribution in [0, 0.1) is 0 Å². The number of carbonyl (C=O) groups is 1. The lowest BCUT2D eigenvalue weighted by molar-refractivity contribution is -0.137. The third-order valence-corrected chi connectivity index (χ3v) is 4.96. The molecule has 1 aliphatic heterocycles. The van der Waals surface area contributed by atoms with Gasteiger partial charge in [0, 0.05) is 24.7 Å². The third kappa shape index (κ3) is 3.81. The van der Waals surface area contributed by atoms with Crippen LogP contribution in [-0.4, -0.2) is 10.5 Å². The van der Waals surface area contributed by atoms with Gasteiger partial charge in [-0.05, 0) is 47.2 Å². The fraction of sp³-hybridized carbons (Fsp3) is 0.182. The number of nitrogens with one attached hydrogen (secondary N) is 1. The fourth-order valence-corrected chi connectivity index (χ4v) is 3.58. The van der Waals surface area contributed by atoms with Gasteiger partial charge in [-0.1, -0.05) is 30.3 Å². The van der Waals surface area contributed by atoms with Gasteiger partial charge in [0.2, 0.25) is 5.91 Å². The van der Waals surface area contributed by atoms with Crippen molar-refractivity contribution in [2.75, 3.05) is 0 Å². The molecule has 29 heavy (non-hydrogen) atoms. The molecule has 1 aromatic heterocycles. The van der Waals surface area contributed by atoms with Crippen molar-refractivity contribution in [3.05, 3.63) is 87.2 Å². The van der Waals surface area contributed by atoms with Crippen molar-refractivity contribution >= 4 is 22.9 Å². The summed E-state index contributed by atoms with van der Waals surface area (Å²) < 4.78 is 40.0. The van der Waals surface area contributed by atoms with Crippen molar-refractivity contribution in [3.63, 3.8) is 0 Å². The van der Waals surface area contributed by atoms with E-state index < -0.39 is 17.6 Å². The second kappa shape index (κ2) is 7.24. The summed E-state index contributed by atoms with van der Waals surface area (Å²) in [6.07, 6.45) is -0.962. The minimum atomic E-state index is -4.43. The highest BCUT2D eigenvalue weighted by Crippen LogP contribution is 2.29. The number of amides is 1. The van der Waals surface area contributed by atoms with Gasteiger partial charge in [-0.25, -0.2) is 0 Å². The van der Waals surface area contributed by atoms with E-state index >= 15 is 0 Å². The second-order valence-corrected chi connectivity index (χ2v) is 6.91. The molecule has 0 fully saturated rings. The van der Waals surface area contributed by atoms with Crippen LogP contribution in [0.15, 0.2) is 59.4 Å². The first-order valence-electron chi connectivity index (χ1n) is 9.10. The van der Waals surface area contributed by atoms with E-state index in [1.165, 1.54) is 24.3 Å². The maximum Gasteiger partial charge on any atom is 0.416 e. The van der Waals surface area contributed by atoms with Crippen molar-refractivity contribution in [2.24, 2.45) is 0 Å². The number of aryl methyl sites for hydroxylation is 2. The van der Waals surface area contributed by atoms with Gasteiger partial charge in [0.25, 0.3) is 5.56 Å². The van der Waals surface area contributed by atoms with E-state index in [-0.39, 0.29) is 12.1 Å². The Labute approximate surface area is 164 Å². The van der Waals surface area contributed by atoms with Crippen LogP contribution in [0.4, 0.5) is 13.2 Å². The topological polar surface area (TPSA) is 51.1 Å². The maximum absolute atomic E-state index is 12.8. The van der Waals surface area contributed by atoms with Gasteiger partial charge in [0.15, 0.2) is 0 Å². The Hall–Kier alpha value is -3.35. The highest BCUT2D eigenvalue weighted by Gasteiger charge is 2.30. The molecule has 0 saturated carbocycles. The Morgan fingerprint density at radius 3 is 2.72 bits per heavy atom. The van der Waals surface area contributed by atoms with E-state index in [2.05, 4.69) is 5.32 Å². The number of benzene rings is 2. The summed E-state index contributed by atoms with van der Waals surface area (Å²) in [7, 11) is 0. The lowest BCUT2D eigenvalue weighted by atomic mass is 10.1. The summed E-state index contributed by atoms with van der Waals surface area (Å²) in [6, 6.07) is 12.4. The first-order valence-corrected chi connectivity index (χ1v) is 9.10. The molecule has 0 unspecified atom stereocenters. The van der Waals surface area contributed by atoms with Gasteiger partial charge in [0.1, 0.15) is 0 Å². The van der Waals surface area contributed by atoms with E-state index in [1.54, 1.807) is 10.6 Å². The maximum atomic E-state index is 12.8. The fourth-order valence-electron chi connectivity index (χ4n) is 3.58. The average Bonchev–Trinajstić information content (AvgIpc) is 3.13. The summed E-state index contributed by atoms with van der Waals surface area (Å²) in [5.41, 5.74) is 1.88. The SMILES string of the molecule is O=C(/C=C/c1cc2cccc3c2n(c1=O)CC3)NCc1cccc(C(F)(F)F)c1. The average molecular weight is 398 g/mol. The van der Waals surface area contributed by atoms with Crippen LogP contribution in [0.3, 0.4) is 0 Å². The normalized spacial score (nSPS) is 13.3. The van der Waals surface area contributed by atoms with E-state index in [0.29, 0.717) is 17.7 Å². The van der Waals surface area contributed by atoms with Crippen molar-refractivity contribution in [3.8, 4) is 0 Å². The molecule has 7 heteroatoms. The van der Waals surface area contributed by atoms with Crippen LogP contribution in [0.1, 0.15) is 22.3 Å². The number of hydrogen-bond donors (Lipinski definition) is 1. The molecule has 148 valence electrons. The van der Waals surface area contributed by atoms with E-state index in [4.69, 9.17) is 0 Å². The molecule has 4 rings (SSSR count). The van der Waals surface area contributed by atoms with Crippen molar-refractivity contribution in [2.45, 2.75) is 25.7 Å². The second-order valence-electron chi connectivity index (χ2n) is 6.91. The van der Waals surface area contributed by atoms with Crippen LogP contribution < -0.4 is 10.9 Å². The number of rotatable bonds is 4. The van der Waals surface area contributed by atoms with Crippen molar-refractivity contribution in [1.82, 2.24) is 9.88 Å². The molecule has 3 aromatic rings. The van der Waals surface area contributed by atoms with E-state index in [0.717, 1.165) is 35.0 Å². The Morgan fingerprint density at radius 2 is 1.93 bits per heavy atom. The quantitative estimate of drug-likeness (QED) is 0.678. The first kappa shape index (κ1) is 19.0. The number of nitrogens with zero attached hydrogens (tertiary/aromatic N) is 1. The zero-order valence-electron chi connectivity index (χ0n) is 15.3. The summed E-state index contributed by atoms with van der Waals surface area (Å²) >= 11 is 0. The Bertz CT molecular complexity index is 1190. The smallest absolute Gasteiger partial charge is 0.348 e. The zero-order chi connectivity index (χ0) is 20.6. The number of hydrogen-bond acceptors (Lipinski definition) is 2. The van der Waals surface area contributed by atoms with Crippen LogP contribution in [0.2, 0.25) is 0 Å². The molecule has 4 nitrogen and oxygen atoms in total. The van der Waals surface area contributed by atoms with Gasteiger partial charge in [-0.2, -0.15) is 13.2 Å². The molecule has 2 aromatic carbocycles. The minimum absolute atomic E-state index is 0.0432. The van der Waals surface area contributed by atoms with Crippen LogP contribution in [0.25, 0.3) is 17.0 Å². The molecule has 1 amide bonds. The van der Waals surface area contributed by atoms with Crippen molar-refractivity contribution < 1.29 is 18.0 Å². The number of pyridine rings is 1. The largest absolute Gasteiger partial charge is 0.416 e. The van der Waals surface area contributed by atoms with Crippen LogP contribution >= 0.6 is 0 Å². The molecule has 0 radical (unpaired) electrons. The standard InChI is InChI=1S/C22H17F3N2O2/c23-22(24,25)18-6-1-3-14(11-18)13-26-19(28)8-7-17-12-16-5-2-4-15-9-10-27(20(15)16)21(17)29/h1-8,11-12H,9-10,13H2,(H,26,28)/b8-7+. The summed E-state index contributed by atoms with van der Waals surface area (Å²) in [6.45, 7) is 0.566. The molecule has 0 spiro atoms. The lowest BCUT2D eigenvalue weighted by Crippen LogP contribution is -2.22. The molecular formula is C22H17F3N2O2. The first-order chi connectivity index (χ1) is 13.8. The number of alkyl halides is 3. The summed E-state index contributed by atoms with van der Waals surface area (Å²) in [4.78, 5) is 24.7. The molecule has 0 bridgehead atoms. The highest BCUT2D eigenvalue weighted by atomic mass is 19.4. The molecule has 0 saturated heterocycles. The van der Waals surface area contributed by atoms with Crippen LogP contribution in [-0.2, 0) is 30.5 Å². The van der Waals surface area contributed by atoms with Crippen molar-refractivity contribution in [1.29, 1.82) is 0 Å². The monoisotopic (exact) mass is 398 g/mol. The number of aromatic nitrogens is 1.